The first-order chi connectivity index (χ1) is 7.67. The van der Waals surface area contributed by atoms with Crippen LogP contribution in [-0.2, 0) is 11.8 Å². The minimum atomic E-state index is 0.182. The van der Waals surface area contributed by atoms with E-state index in [9.17, 15) is 4.79 Å². The van der Waals surface area contributed by atoms with Gasteiger partial charge >= 0.3 is 0 Å². The highest BCUT2D eigenvalue weighted by molar-refractivity contribution is 5.94. The number of fused-ring (bicyclic) bond motifs is 1. The maximum Gasteiger partial charge on any atom is 0.159 e. The third-order valence-corrected chi connectivity index (χ3v) is 4.98. The molecule has 82 valence electrons. The van der Waals surface area contributed by atoms with Gasteiger partial charge in [0.15, 0.2) is 5.78 Å². The van der Waals surface area contributed by atoms with E-state index < -0.39 is 0 Å². The Morgan fingerprint density at radius 3 is 3.06 bits per heavy atom. The predicted octanol–water partition coefficient (Wildman–Crippen LogP) is 1.68. The van der Waals surface area contributed by atoms with Crippen LogP contribution in [0.2, 0.25) is 0 Å². The Labute approximate surface area is 95.0 Å². The van der Waals surface area contributed by atoms with Gasteiger partial charge < -0.3 is 5.32 Å². The Morgan fingerprint density at radius 2 is 2.25 bits per heavy atom. The second-order valence-corrected chi connectivity index (χ2v) is 5.75. The number of Topliss-reactive ketones (excluding diaryl/α,β-unsaturated/α-hetero) is 1. The van der Waals surface area contributed by atoms with Gasteiger partial charge in [0.25, 0.3) is 0 Å². The SMILES string of the molecule is CC(=O)c1ccc2c(c1)CC13CNCC21C3. The largest absolute Gasteiger partial charge is 0.315 e. The highest BCUT2D eigenvalue weighted by Crippen LogP contribution is 2.72. The van der Waals surface area contributed by atoms with Crippen LogP contribution in [0.5, 0.6) is 0 Å². The molecule has 2 atom stereocenters. The Kier molecular flexibility index (Phi) is 1.34. The molecular formula is C14H15NO. The molecule has 0 amide bonds. The number of rotatable bonds is 1. The normalized spacial score (nSPS) is 37.8. The topological polar surface area (TPSA) is 29.1 Å². The number of ketones is 1. The molecular weight excluding hydrogens is 198 g/mol. The quantitative estimate of drug-likeness (QED) is 0.719. The smallest absolute Gasteiger partial charge is 0.159 e. The molecule has 1 saturated heterocycles. The Morgan fingerprint density at radius 1 is 1.38 bits per heavy atom. The molecule has 4 rings (SSSR count). The van der Waals surface area contributed by atoms with Crippen LogP contribution in [0.4, 0.5) is 0 Å². The molecule has 2 unspecified atom stereocenters. The van der Waals surface area contributed by atoms with Gasteiger partial charge in [0.2, 0.25) is 0 Å². The second kappa shape index (κ2) is 2.40. The summed E-state index contributed by atoms with van der Waals surface area (Å²) < 4.78 is 0. The highest BCUT2D eigenvalue weighted by atomic mass is 16.1. The van der Waals surface area contributed by atoms with Gasteiger partial charge in [0, 0.05) is 24.1 Å². The summed E-state index contributed by atoms with van der Waals surface area (Å²) in [5, 5.41) is 3.52. The lowest BCUT2D eigenvalue weighted by Crippen LogP contribution is -2.21. The molecule has 0 aromatic heterocycles. The number of hydrogen-bond donors (Lipinski definition) is 1. The molecule has 1 N–H and O–H groups in total. The van der Waals surface area contributed by atoms with Crippen LogP contribution in [-0.4, -0.2) is 18.9 Å². The average Bonchev–Trinajstić information content (AvgIpc) is 2.63. The lowest BCUT2D eigenvalue weighted by atomic mass is 9.93. The first kappa shape index (κ1) is 8.94. The van der Waals surface area contributed by atoms with Gasteiger partial charge in [-0.1, -0.05) is 12.1 Å². The van der Waals surface area contributed by atoms with Crippen LogP contribution in [0.3, 0.4) is 0 Å². The van der Waals surface area contributed by atoms with E-state index >= 15 is 0 Å². The van der Waals surface area contributed by atoms with Gasteiger partial charge in [0.1, 0.15) is 0 Å². The Bertz CT molecular complexity index is 517. The zero-order valence-corrected chi connectivity index (χ0v) is 9.47. The van der Waals surface area contributed by atoms with Crippen molar-refractivity contribution >= 4 is 5.78 Å². The molecule has 2 fully saturated rings. The van der Waals surface area contributed by atoms with Crippen molar-refractivity contribution in [2.24, 2.45) is 5.41 Å². The van der Waals surface area contributed by atoms with Crippen molar-refractivity contribution < 1.29 is 4.79 Å². The second-order valence-electron chi connectivity index (χ2n) is 5.75. The predicted molar refractivity (Wildman–Crippen MR) is 61.7 cm³/mol. The molecule has 1 saturated carbocycles. The van der Waals surface area contributed by atoms with Gasteiger partial charge in [-0.05, 0) is 42.4 Å². The van der Waals surface area contributed by atoms with Crippen LogP contribution in [0.1, 0.15) is 34.8 Å². The van der Waals surface area contributed by atoms with Crippen LogP contribution in [0.25, 0.3) is 0 Å². The Balaban J connectivity index is 1.87. The number of hydrogen-bond acceptors (Lipinski definition) is 2. The van der Waals surface area contributed by atoms with Crippen LogP contribution < -0.4 is 5.32 Å². The first-order valence-electron chi connectivity index (χ1n) is 6.02. The maximum absolute atomic E-state index is 11.4. The van der Waals surface area contributed by atoms with Crippen LogP contribution >= 0.6 is 0 Å². The fourth-order valence-electron chi connectivity index (χ4n) is 4.09. The molecule has 1 aromatic carbocycles. The van der Waals surface area contributed by atoms with Crippen molar-refractivity contribution in [1.29, 1.82) is 0 Å². The molecule has 0 spiro atoms. The van der Waals surface area contributed by atoms with Gasteiger partial charge in [-0.3, -0.25) is 4.79 Å². The first-order valence-corrected chi connectivity index (χ1v) is 6.02. The van der Waals surface area contributed by atoms with Crippen molar-refractivity contribution in [1.82, 2.24) is 5.32 Å². The number of nitrogens with one attached hydrogen (secondary N) is 1. The number of carbonyl (C=O) groups excluding carboxylic acids is 1. The third kappa shape index (κ3) is 0.788. The van der Waals surface area contributed by atoms with Gasteiger partial charge in [-0.2, -0.15) is 0 Å². The monoisotopic (exact) mass is 213 g/mol. The number of piperidine rings is 1. The van der Waals surface area contributed by atoms with Gasteiger partial charge in [-0.15, -0.1) is 0 Å². The van der Waals surface area contributed by atoms with Crippen molar-refractivity contribution in [3.05, 3.63) is 34.9 Å². The van der Waals surface area contributed by atoms with Crippen LogP contribution in [0.15, 0.2) is 18.2 Å². The van der Waals surface area contributed by atoms with E-state index in [1.165, 1.54) is 24.0 Å². The summed E-state index contributed by atoms with van der Waals surface area (Å²) in [7, 11) is 0. The van der Waals surface area contributed by atoms with Crippen molar-refractivity contribution in [2.75, 3.05) is 13.1 Å². The summed E-state index contributed by atoms with van der Waals surface area (Å²) in [6.45, 7) is 3.95. The summed E-state index contributed by atoms with van der Waals surface area (Å²) in [5.41, 5.74) is 4.78. The van der Waals surface area contributed by atoms with Crippen molar-refractivity contribution in [3.8, 4) is 0 Å². The van der Waals surface area contributed by atoms with E-state index in [0.717, 1.165) is 18.7 Å². The van der Waals surface area contributed by atoms with E-state index in [4.69, 9.17) is 0 Å². The summed E-state index contributed by atoms with van der Waals surface area (Å²) in [5.74, 6) is 0.182. The summed E-state index contributed by atoms with van der Waals surface area (Å²) >= 11 is 0. The van der Waals surface area contributed by atoms with E-state index in [0.29, 0.717) is 10.8 Å². The fourth-order valence-corrected chi connectivity index (χ4v) is 4.09. The number of carbonyl (C=O) groups is 1. The molecule has 2 aliphatic carbocycles. The lowest BCUT2D eigenvalue weighted by Gasteiger charge is -2.14. The zero-order chi connectivity index (χ0) is 11.0. The summed E-state index contributed by atoms with van der Waals surface area (Å²) in [4.78, 5) is 11.4. The summed E-state index contributed by atoms with van der Waals surface area (Å²) in [6, 6.07) is 6.33. The molecule has 16 heavy (non-hydrogen) atoms. The molecule has 2 heteroatoms. The molecule has 1 aliphatic heterocycles. The highest BCUT2D eigenvalue weighted by Gasteiger charge is 2.73. The Hall–Kier alpha value is -1.15. The molecule has 3 aliphatic rings. The lowest BCUT2D eigenvalue weighted by molar-refractivity contribution is 0.101. The van der Waals surface area contributed by atoms with E-state index in [1.54, 1.807) is 6.92 Å². The van der Waals surface area contributed by atoms with Crippen molar-refractivity contribution in [3.63, 3.8) is 0 Å². The van der Waals surface area contributed by atoms with E-state index in [2.05, 4.69) is 17.4 Å². The van der Waals surface area contributed by atoms with E-state index in [-0.39, 0.29) is 5.78 Å². The molecule has 1 heterocycles. The minimum absolute atomic E-state index is 0.182. The molecule has 2 nitrogen and oxygen atoms in total. The van der Waals surface area contributed by atoms with Crippen LogP contribution in [0, 0.1) is 5.41 Å². The van der Waals surface area contributed by atoms with Crippen molar-refractivity contribution in [2.45, 2.75) is 25.2 Å². The zero-order valence-electron chi connectivity index (χ0n) is 9.47. The number of benzene rings is 1. The standard InChI is InChI=1S/C14H15NO/c1-9(16)10-2-3-12-11(4-10)5-13-6-14(12,13)8-15-7-13/h2-4,15H,5-8H2,1H3. The fraction of sp³-hybridized carbons (Fsp3) is 0.500. The summed E-state index contributed by atoms with van der Waals surface area (Å²) in [6.07, 6.45) is 2.54. The maximum atomic E-state index is 11.4. The van der Waals surface area contributed by atoms with Gasteiger partial charge in [-0.25, -0.2) is 0 Å². The van der Waals surface area contributed by atoms with E-state index in [1.807, 2.05) is 6.07 Å². The molecule has 0 radical (unpaired) electrons. The van der Waals surface area contributed by atoms with Gasteiger partial charge in [0.05, 0.1) is 0 Å². The third-order valence-electron chi connectivity index (χ3n) is 4.98. The molecule has 0 bridgehead atoms. The average molecular weight is 213 g/mol. The molecule has 1 aromatic rings. The minimum Gasteiger partial charge on any atom is -0.315 e.